The molecule has 1 heterocycles. The molecule has 0 aromatic rings. The Balaban J connectivity index is 2.39. The van der Waals surface area contributed by atoms with E-state index < -0.39 is 0 Å². The number of hydrogen-bond acceptors (Lipinski definition) is 3. The summed E-state index contributed by atoms with van der Waals surface area (Å²) in [5.41, 5.74) is 0. The van der Waals surface area contributed by atoms with Crippen molar-refractivity contribution in [2.75, 3.05) is 19.7 Å². The number of esters is 1. The summed E-state index contributed by atoms with van der Waals surface area (Å²) in [7, 11) is 0. The molecule has 0 bridgehead atoms. The molecule has 0 aromatic heterocycles. The number of nitrogens with one attached hydrogen (secondary N) is 1. The fourth-order valence-corrected chi connectivity index (χ4v) is 2.10. The maximum Gasteiger partial charge on any atom is 0.306 e. The van der Waals surface area contributed by atoms with Crippen molar-refractivity contribution in [3.8, 4) is 0 Å². The summed E-state index contributed by atoms with van der Waals surface area (Å²) in [5, 5.41) is 3.35. The zero-order chi connectivity index (χ0) is 11.1. The number of carbonyl (C=O) groups is 1. The number of hydrogen-bond donors (Lipinski definition) is 1. The molecule has 0 amide bonds. The summed E-state index contributed by atoms with van der Waals surface area (Å²) >= 11 is 0. The molecular weight excluding hydrogens is 190 g/mol. The first-order valence-electron chi connectivity index (χ1n) is 5.76. The second-order valence-corrected chi connectivity index (χ2v) is 4.02. The molecule has 1 aliphatic rings. The lowest BCUT2D eigenvalue weighted by Gasteiger charge is -2.28. The summed E-state index contributed by atoms with van der Waals surface area (Å²) < 4.78 is 4.96. The van der Waals surface area contributed by atoms with E-state index in [1.54, 1.807) is 0 Å². The highest BCUT2D eigenvalue weighted by Crippen LogP contribution is 2.24. The van der Waals surface area contributed by atoms with Gasteiger partial charge in [0.2, 0.25) is 0 Å². The standard InChI is InChI=1S/C12H21NO2/c1-3-10(8-12(14)15-4-2)11-6-5-7-13-9-11/h3,10-11,13H,1,4-9H2,2H3. The molecule has 1 aliphatic heterocycles. The van der Waals surface area contributed by atoms with E-state index in [4.69, 9.17) is 4.74 Å². The van der Waals surface area contributed by atoms with Crippen LogP contribution in [0.1, 0.15) is 26.2 Å². The Labute approximate surface area is 91.9 Å². The Hall–Kier alpha value is -0.830. The lowest BCUT2D eigenvalue weighted by atomic mass is 9.84. The molecule has 2 unspecified atom stereocenters. The van der Waals surface area contributed by atoms with Crippen LogP contribution in [0.15, 0.2) is 12.7 Å². The minimum atomic E-state index is -0.104. The van der Waals surface area contributed by atoms with E-state index >= 15 is 0 Å². The molecule has 1 fully saturated rings. The Morgan fingerprint density at radius 1 is 1.73 bits per heavy atom. The van der Waals surface area contributed by atoms with Gasteiger partial charge in [0.1, 0.15) is 0 Å². The van der Waals surface area contributed by atoms with Gasteiger partial charge in [-0.15, -0.1) is 6.58 Å². The fraction of sp³-hybridized carbons (Fsp3) is 0.750. The SMILES string of the molecule is C=CC(CC(=O)OCC)C1CCCNC1. The molecule has 3 nitrogen and oxygen atoms in total. The normalized spacial score (nSPS) is 23.1. The van der Waals surface area contributed by atoms with Crippen LogP contribution in [0.2, 0.25) is 0 Å². The Bertz CT molecular complexity index is 210. The van der Waals surface area contributed by atoms with Gasteiger partial charge in [0.25, 0.3) is 0 Å². The van der Waals surface area contributed by atoms with Crippen LogP contribution in [0.25, 0.3) is 0 Å². The van der Waals surface area contributed by atoms with Crippen molar-refractivity contribution in [1.82, 2.24) is 5.32 Å². The second kappa shape index (κ2) is 6.62. The minimum Gasteiger partial charge on any atom is -0.466 e. The smallest absolute Gasteiger partial charge is 0.306 e. The van der Waals surface area contributed by atoms with Crippen LogP contribution >= 0.6 is 0 Å². The summed E-state index contributed by atoms with van der Waals surface area (Å²) in [6, 6.07) is 0. The third kappa shape index (κ3) is 4.04. The van der Waals surface area contributed by atoms with E-state index in [1.807, 2.05) is 13.0 Å². The summed E-state index contributed by atoms with van der Waals surface area (Å²) in [5.74, 6) is 0.700. The first kappa shape index (κ1) is 12.2. The van der Waals surface area contributed by atoms with E-state index in [0.29, 0.717) is 18.9 Å². The van der Waals surface area contributed by atoms with Gasteiger partial charge in [0, 0.05) is 0 Å². The predicted molar refractivity (Wildman–Crippen MR) is 60.5 cm³/mol. The Morgan fingerprint density at radius 3 is 3.07 bits per heavy atom. The van der Waals surface area contributed by atoms with Crippen LogP contribution < -0.4 is 5.32 Å². The van der Waals surface area contributed by atoms with Crippen LogP contribution in [0.5, 0.6) is 0 Å². The molecule has 1 rings (SSSR count). The zero-order valence-corrected chi connectivity index (χ0v) is 9.50. The summed E-state index contributed by atoms with van der Waals surface area (Å²) in [6.45, 7) is 8.21. The van der Waals surface area contributed by atoms with E-state index in [1.165, 1.54) is 12.8 Å². The Kier molecular flexibility index (Phi) is 5.40. The Morgan fingerprint density at radius 2 is 2.53 bits per heavy atom. The zero-order valence-electron chi connectivity index (χ0n) is 9.50. The van der Waals surface area contributed by atoms with Crippen molar-refractivity contribution in [1.29, 1.82) is 0 Å². The van der Waals surface area contributed by atoms with Crippen molar-refractivity contribution >= 4 is 5.97 Å². The van der Waals surface area contributed by atoms with Crippen LogP contribution in [0.3, 0.4) is 0 Å². The molecule has 3 heteroatoms. The number of ether oxygens (including phenoxy) is 1. The van der Waals surface area contributed by atoms with Gasteiger partial charge in [-0.3, -0.25) is 4.79 Å². The maximum atomic E-state index is 11.4. The number of allylic oxidation sites excluding steroid dienone is 1. The van der Waals surface area contributed by atoms with Gasteiger partial charge in [0.15, 0.2) is 0 Å². The summed E-state index contributed by atoms with van der Waals surface area (Å²) in [6.07, 6.45) is 4.75. The molecule has 1 N–H and O–H groups in total. The maximum absolute atomic E-state index is 11.4. The largest absolute Gasteiger partial charge is 0.466 e. The first-order chi connectivity index (χ1) is 7.27. The van der Waals surface area contributed by atoms with Gasteiger partial charge < -0.3 is 10.1 Å². The van der Waals surface area contributed by atoms with E-state index in [9.17, 15) is 4.79 Å². The van der Waals surface area contributed by atoms with Gasteiger partial charge >= 0.3 is 5.97 Å². The van der Waals surface area contributed by atoms with E-state index in [0.717, 1.165) is 13.1 Å². The van der Waals surface area contributed by atoms with Crippen molar-refractivity contribution in [3.63, 3.8) is 0 Å². The lowest BCUT2D eigenvalue weighted by Crippen LogP contribution is -2.34. The molecule has 0 saturated carbocycles. The third-order valence-electron chi connectivity index (χ3n) is 2.95. The molecule has 1 saturated heterocycles. The van der Waals surface area contributed by atoms with Crippen molar-refractivity contribution in [2.24, 2.45) is 11.8 Å². The number of carbonyl (C=O) groups excluding carboxylic acids is 1. The molecule has 2 atom stereocenters. The van der Waals surface area contributed by atoms with Crippen molar-refractivity contribution in [3.05, 3.63) is 12.7 Å². The monoisotopic (exact) mass is 211 g/mol. The van der Waals surface area contributed by atoms with E-state index in [-0.39, 0.29) is 11.9 Å². The predicted octanol–water partition coefficient (Wildman–Crippen LogP) is 1.74. The molecule has 15 heavy (non-hydrogen) atoms. The highest BCUT2D eigenvalue weighted by Gasteiger charge is 2.23. The molecule has 0 aromatic carbocycles. The number of piperidine rings is 1. The molecular formula is C12H21NO2. The van der Waals surface area contributed by atoms with Gasteiger partial charge in [-0.25, -0.2) is 0 Å². The molecule has 0 spiro atoms. The van der Waals surface area contributed by atoms with Crippen molar-refractivity contribution in [2.45, 2.75) is 26.2 Å². The highest BCUT2D eigenvalue weighted by atomic mass is 16.5. The molecule has 0 radical (unpaired) electrons. The molecule has 86 valence electrons. The second-order valence-electron chi connectivity index (χ2n) is 4.02. The molecule has 0 aliphatic carbocycles. The third-order valence-corrected chi connectivity index (χ3v) is 2.95. The summed E-state index contributed by atoms with van der Waals surface area (Å²) in [4.78, 5) is 11.4. The van der Waals surface area contributed by atoms with Crippen molar-refractivity contribution < 1.29 is 9.53 Å². The van der Waals surface area contributed by atoms with Gasteiger partial charge in [0.05, 0.1) is 13.0 Å². The van der Waals surface area contributed by atoms with Crippen LogP contribution in [0, 0.1) is 11.8 Å². The van der Waals surface area contributed by atoms with Crippen LogP contribution in [0.4, 0.5) is 0 Å². The average molecular weight is 211 g/mol. The van der Waals surface area contributed by atoms with E-state index in [2.05, 4.69) is 11.9 Å². The minimum absolute atomic E-state index is 0.104. The highest BCUT2D eigenvalue weighted by molar-refractivity contribution is 5.69. The van der Waals surface area contributed by atoms with Gasteiger partial charge in [-0.05, 0) is 44.7 Å². The van der Waals surface area contributed by atoms with Crippen LogP contribution in [-0.4, -0.2) is 25.7 Å². The van der Waals surface area contributed by atoms with Gasteiger partial charge in [-0.1, -0.05) is 6.08 Å². The lowest BCUT2D eigenvalue weighted by molar-refractivity contribution is -0.144. The topological polar surface area (TPSA) is 38.3 Å². The van der Waals surface area contributed by atoms with Gasteiger partial charge in [-0.2, -0.15) is 0 Å². The first-order valence-corrected chi connectivity index (χ1v) is 5.76. The van der Waals surface area contributed by atoms with Crippen LogP contribution in [-0.2, 0) is 9.53 Å². The average Bonchev–Trinajstić information content (AvgIpc) is 2.27. The number of rotatable bonds is 5. The fourth-order valence-electron chi connectivity index (χ4n) is 2.10. The quantitative estimate of drug-likeness (QED) is 0.556.